The molecule has 1 atom stereocenters. The standard InChI is InChI=1S/C21H20Cl2F3N3O4S2/c1-10(21(24,25)26)29-35(32,33)14-8-7-11(16(22)17(14)23)18-13(9-30)28-19(34-18)12-5-4-6-15(27-12)20(2,3)31/h4-8,10,29-31H,9H2,1-3H3. The van der Waals surface area contributed by atoms with E-state index in [1.807, 2.05) is 0 Å². The normalized spacial score (nSPS) is 13.8. The quantitative estimate of drug-likeness (QED) is 0.363. The molecule has 3 N–H and O–H groups in total. The lowest BCUT2D eigenvalue weighted by molar-refractivity contribution is -0.147. The van der Waals surface area contributed by atoms with E-state index in [4.69, 9.17) is 23.2 Å². The van der Waals surface area contributed by atoms with Gasteiger partial charge < -0.3 is 10.2 Å². The second-order valence-corrected chi connectivity index (χ2v) is 11.5. The number of aliphatic hydroxyl groups is 2. The molecule has 0 saturated carbocycles. The summed E-state index contributed by atoms with van der Waals surface area (Å²) in [7, 11) is -4.65. The SMILES string of the molecule is CC(NS(=O)(=O)c1ccc(-c2sc(-c3cccc(C(C)(C)O)n3)nc2CO)c(Cl)c1Cl)C(F)(F)F. The fourth-order valence-electron chi connectivity index (χ4n) is 2.95. The minimum atomic E-state index is -4.80. The van der Waals surface area contributed by atoms with Crippen molar-refractivity contribution in [3.8, 4) is 21.1 Å². The first-order valence-corrected chi connectivity index (χ1v) is 13.0. The van der Waals surface area contributed by atoms with Gasteiger partial charge in [0.2, 0.25) is 10.0 Å². The van der Waals surface area contributed by atoms with Crippen LogP contribution in [0.2, 0.25) is 10.0 Å². The van der Waals surface area contributed by atoms with Crippen LogP contribution in [0.4, 0.5) is 13.2 Å². The summed E-state index contributed by atoms with van der Waals surface area (Å²) in [6.07, 6.45) is -4.80. The number of hydrogen-bond acceptors (Lipinski definition) is 7. The number of nitrogens with one attached hydrogen (secondary N) is 1. The van der Waals surface area contributed by atoms with Gasteiger partial charge in [0.1, 0.15) is 21.5 Å². The Kier molecular flexibility index (Phi) is 7.88. The number of alkyl halides is 3. The maximum Gasteiger partial charge on any atom is 0.404 e. The minimum Gasteiger partial charge on any atom is -0.390 e. The Labute approximate surface area is 213 Å². The Morgan fingerprint density at radius 1 is 1.11 bits per heavy atom. The maximum absolute atomic E-state index is 12.8. The molecule has 3 rings (SSSR count). The molecule has 0 saturated heterocycles. The first kappa shape index (κ1) is 27.8. The van der Waals surface area contributed by atoms with Crippen molar-refractivity contribution >= 4 is 44.6 Å². The van der Waals surface area contributed by atoms with E-state index in [2.05, 4.69) is 9.97 Å². The average molecular weight is 570 g/mol. The van der Waals surface area contributed by atoms with Crippen LogP contribution in [0, 0.1) is 0 Å². The fourth-order valence-corrected chi connectivity index (χ4v) is 6.18. The number of thiazole rings is 1. The van der Waals surface area contributed by atoms with Crippen molar-refractivity contribution in [3.05, 3.63) is 51.8 Å². The highest BCUT2D eigenvalue weighted by Gasteiger charge is 2.39. The average Bonchev–Trinajstić information content (AvgIpc) is 3.18. The van der Waals surface area contributed by atoms with Crippen LogP contribution in [-0.4, -0.2) is 40.8 Å². The smallest absolute Gasteiger partial charge is 0.390 e. The molecular weight excluding hydrogens is 550 g/mol. The zero-order valence-corrected chi connectivity index (χ0v) is 21.6. The summed E-state index contributed by atoms with van der Waals surface area (Å²) in [5, 5.41) is 19.7. The molecule has 0 radical (unpaired) electrons. The Morgan fingerprint density at radius 2 is 1.77 bits per heavy atom. The predicted octanol–water partition coefficient (Wildman–Crippen LogP) is 5.13. The third-order valence-corrected chi connectivity index (χ3v) is 8.58. The van der Waals surface area contributed by atoms with Crippen molar-refractivity contribution in [1.82, 2.24) is 14.7 Å². The lowest BCUT2D eigenvalue weighted by atomic mass is 10.0. The van der Waals surface area contributed by atoms with E-state index in [1.54, 1.807) is 32.0 Å². The summed E-state index contributed by atoms with van der Waals surface area (Å²) in [5.74, 6) is 0. The number of aliphatic hydroxyl groups excluding tert-OH is 1. The monoisotopic (exact) mass is 569 g/mol. The lowest BCUT2D eigenvalue weighted by Gasteiger charge is -2.18. The molecule has 2 aromatic heterocycles. The number of pyridine rings is 1. The molecule has 0 amide bonds. The summed E-state index contributed by atoms with van der Waals surface area (Å²) in [6.45, 7) is 3.32. The van der Waals surface area contributed by atoms with E-state index in [0.717, 1.165) is 17.4 Å². The first-order valence-electron chi connectivity index (χ1n) is 9.94. The van der Waals surface area contributed by atoms with Crippen molar-refractivity contribution < 1.29 is 31.8 Å². The first-order chi connectivity index (χ1) is 16.1. The van der Waals surface area contributed by atoms with Gasteiger partial charge in [0.15, 0.2) is 0 Å². The van der Waals surface area contributed by atoms with Gasteiger partial charge in [-0.15, -0.1) is 11.3 Å². The Bertz CT molecular complexity index is 1360. The molecule has 14 heteroatoms. The second kappa shape index (κ2) is 9.92. The number of hydrogen-bond donors (Lipinski definition) is 3. The zero-order valence-electron chi connectivity index (χ0n) is 18.5. The minimum absolute atomic E-state index is 0.206. The highest BCUT2D eigenvalue weighted by Crippen LogP contribution is 2.43. The molecule has 0 aliphatic carbocycles. The Balaban J connectivity index is 2.06. The van der Waals surface area contributed by atoms with E-state index < -0.39 is 44.4 Å². The number of aromatic nitrogens is 2. The summed E-state index contributed by atoms with van der Waals surface area (Å²) >= 11 is 13.6. The maximum atomic E-state index is 12.8. The van der Waals surface area contributed by atoms with Crippen LogP contribution in [0.1, 0.15) is 32.2 Å². The Hall–Kier alpha value is -1.80. The van der Waals surface area contributed by atoms with E-state index in [-0.39, 0.29) is 16.3 Å². The van der Waals surface area contributed by atoms with Crippen LogP contribution in [0.5, 0.6) is 0 Å². The summed E-state index contributed by atoms with van der Waals surface area (Å²) in [5.41, 5.74) is 0.0470. The number of halogens is 5. The van der Waals surface area contributed by atoms with Gasteiger partial charge >= 0.3 is 6.18 Å². The number of sulfonamides is 1. The molecule has 190 valence electrons. The molecule has 0 bridgehead atoms. The van der Waals surface area contributed by atoms with Crippen LogP contribution in [0.3, 0.4) is 0 Å². The van der Waals surface area contributed by atoms with Gasteiger partial charge in [-0.3, -0.25) is 0 Å². The highest BCUT2D eigenvalue weighted by atomic mass is 35.5. The molecule has 3 aromatic rings. The zero-order chi connectivity index (χ0) is 26.3. The molecular formula is C21H20Cl2F3N3O4S2. The van der Waals surface area contributed by atoms with Gasteiger partial charge in [-0.25, -0.2) is 18.4 Å². The molecule has 0 fully saturated rings. The van der Waals surface area contributed by atoms with Crippen molar-refractivity contribution in [2.24, 2.45) is 0 Å². The number of nitrogens with zero attached hydrogens (tertiary/aromatic N) is 2. The largest absolute Gasteiger partial charge is 0.404 e. The summed E-state index contributed by atoms with van der Waals surface area (Å²) in [4.78, 5) is 8.52. The van der Waals surface area contributed by atoms with Crippen LogP contribution >= 0.6 is 34.5 Å². The third-order valence-electron chi connectivity index (χ3n) is 4.85. The Morgan fingerprint density at radius 3 is 2.34 bits per heavy atom. The van der Waals surface area contributed by atoms with E-state index in [9.17, 15) is 31.8 Å². The van der Waals surface area contributed by atoms with Crippen LogP contribution in [0.15, 0.2) is 35.2 Å². The van der Waals surface area contributed by atoms with Gasteiger partial charge in [0, 0.05) is 5.56 Å². The van der Waals surface area contributed by atoms with Crippen molar-refractivity contribution in [3.63, 3.8) is 0 Å². The molecule has 0 spiro atoms. The van der Waals surface area contributed by atoms with Crippen LogP contribution < -0.4 is 4.72 Å². The summed E-state index contributed by atoms with van der Waals surface area (Å²) in [6, 6.07) is 4.96. The van der Waals surface area contributed by atoms with Crippen molar-refractivity contribution in [2.75, 3.05) is 0 Å². The van der Waals surface area contributed by atoms with Crippen molar-refractivity contribution in [2.45, 2.75) is 50.1 Å². The molecule has 1 aromatic carbocycles. The van der Waals surface area contributed by atoms with Crippen LogP contribution in [0.25, 0.3) is 21.1 Å². The van der Waals surface area contributed by atoms with Gasteiger partial charge in [0.05, 0.1) is 38.6 Å². The highest BCUT2D eigenvalue weighted by molar-refractivity contribution is 7.89. The van der Waals surface area contributed by atoms with Gasteiger partial charge in [-0.1, -0.05) is 35.3 Å². The molecule has 35 heavy (non-hydrogen) atoms. The van der Waals surface area contributed by atoms with Crippen LogP contribution in [-0.2, 0) is 22.2 Å². The van der Waals surface area contributed by atoms with E-state index in [1.165, 1.54) is 10.8 Å². The second-order valence-electron chi connectivity index (χ2n) is 8.04. The lowest BCUT2D eigenvalue weighted by Crippen LogP contribution is -2.43. The fraction of sp³-hybridized carbons (Fsp3) is 0.333. The molecule has 0 aliphatic rings. The van der Waals surface area contributed by atoms with Gasteiger partial charge in [-0.05, 0) is 39.0 Å². The van der Waals surface area contributed by atoms with Crippen molar-refractivity contribution in [1.29, 1.82) is 0 Å². The molecule has 1 unspecified atom stereocenters. The molecule has 2 heterocycles. The number of benzene rings is 1. The van der Waals surface area contributed by atoms with Gasteiger partial charge in [-0.2, -0.15) is 17.9 Å². The van der Waals surface area contributed by atoms with Gasteiger partial charge in [0.25, 0.3) is 0 Å². The number of rotatable bonds is 7. The summed E-state index contributed by atoms with van der Waals surface area (Å²) < 4.78 is 65.1. The predicted molar refractivity (Wildman–Crippen MR) is 128 cm³/mol. The van der Waals surface area contributed by atoms with E-state index >= 15 is 0 Å². The van der Waals surface area contributed by atoms with E-state index in [0.29, 0.717) is 28.2 Å². The third kappa shape index (κ3) is 5.96. The molecule has 0 aliphatic heterocycles. The topological polar surface area (TPSA) is 112 Å². The molecule has 7 nitrogen and oxygen atoms in total.